The van der Waals surface area contributed by atoms with E-state index in [1.807, 2.05) is 24.3 Å². The average molecular weight is 299 g/mol. The van der Waals surface area contributed by atoms with Crippen LogP contribution in [0.5, 0.6) is 0 Å². The molecule has 1 aromatic carbocycles. The maximum Gasteiger partial charge on any atom is 0.371 e. The van der Waals surface area contributed by atoms with Crippen molar-refractivity contribution in [3.63, 3.8) is 0 Å². The Morgan fingerprint density at radius 1 is 1.31 bits per heavy atom. The van der Waals surface area contributed by atoms with Crippen molar-refractivity contribution in [1.29, 1.82) is 0 Å². The van der Waals surface area contributed by atoms with Crippen LogP contribution in [0.3, 0.4) is 0 Å². The highest BCUT2D eigenvalue weighted by Gasteiger charge is 2.09. The van der Waals surface area contributed by atoms with Gasteiger partial charge in [0, 0.05) is 9.37 Å². The van der Waals surface area contributed by atoms with Crippen molar-refractivity contribution >= 4 is 33.7 Å². The van der Waals surface area contributed by atoms with E-state index < -0.39 is 5.97 Å². The molecule has 0 bridgehead atoms. The van der Waals surface area contributed by atoms with E-state index in [2.05, 4.69) is 15.9 Å². The third-order valence-electron chi connectivity index (χ3n) is 1.81. The summed E-state index contributed by atoms with van der Waals surface area (Å²) in [4.78, 5) is 11.6. The summed E-state index contributed by atoms with van der Waals surface area (Å²) >= 11 is 4.75. The lowest BCUT2D eigenvalue weighted by molar-refractivity contribution is 0.0656. The highest BCUT2D eigenvalue weighted by molar-refractivity contribution is 9.10. The van der Waals surface area contributed by atoms with Crippen LogP contribution in [0, 0.1) is 0 Å². The Bertz CT molecular complexity index is 521. The van der Waals surface area contributed by atoms with Crippen LogP contribution in [0.25, 0.3) is 0 Å². The van der Waals surface area contributed by atoms with E-state index in [1.165, 1.54) is 17.8 Å². The van der Waals surface area contributed by atoms with Crippen LogP contribution in [0.2, 0.25) is 0 Å². The molecule has 2 aromatic rings. The van der Waals surface area contributed by atoms with Crippen LogP contribution < -0.4 is 0 Å². The Morgan fingerprint density at radius 2 is 2.12 bits per heavy atom. The van der Waals surface area contributed by atoms with E-state index in [1.54, 1.807) is 6.07 Å². The number of benzene rings is 1. The Morgan fingerprint density at radius 3 is 2.75 bits per heavy atom. The van der Waals surface area contributed by atoms with Gasteiger partial charge in [0.15, 0.2) is 5.09 Å². The van der Waals surface area contributed by atoms with E-state index in [0.717, 1.165) is 9.37 Å². The first kappa shape index (κ1) is 11.3. The molecule has 0 fully saturated rings. The number of carboxylic acids is 1. The molecular formula is C11H7BrO3S. The molecule has 5 heteroatoms. The number of carboxylic acid groups (broad SMARTS) is 1. The third-order valence-corrected chi connectivity index (χ3v) is 3.21. The topological polar surface area (TPSA) is 50.4 Å². The lowest BCUT2D eigenvalue weighted by Gasteiger charge is -1.98. The quantitative estimate of drug-likeness (QED) is 0.934. The first-order valence-electron chi connectivity index (χ1n) is 4.42. The Hall–Kier alpha value is -1.20. The predicted molar refractivity (Wildman–Crippen MR) is 63.9 cm³/mol. The van der Waals surface area contributed by atoms with Crippen molar-refractivity contribution in [2.24, 2.45) is 0 Å². The molecule has 16 heavy (non-hydrogen) atoms. The van der Waals surface area contributed by atoms with E-state index in [-0.39, 0.29) is 5.76 Å². The van der Waals surface area contributed by atoms with Crippen LogP contribution in [-0.4, -0.2) is 11.1 Å². The molecule has 0 radical (unpaired) electrons. The van der Waals surface area contributed by atoms with Gasteiger partial charge in [0.1, 0.15) is 0 Å². The summed E-state index contributed by atoms with van der Waals surface area (Å²) in [6, 6.07) is 10.8. The molecule has 0 aliphatic rings. The summed E-state index contributed by atoms with van der Waals surface area (Å²) in [6.07, 6.45) is 0. The van der Waals surface area contributed by atoms with E-state index in [4.69, 9.17) is 9.52 Å². The summed E-state index contributed by atoms with van der Waals surface area (Å²) in [5, 5.41) is 9.26. The molecule has 82 valence electrons. The van der Waals surface area contributed by atoms with Crippen LogP contribution in [0.15, 0.2) is 55.3 Å². The van der Waals surface area contributed by atoms with E-state index >= 15 is 0 Å². The smallest absolute Gasteiger partial charge is 0.371 e. The number of hydrogen-bond acceptors (Lipinski definition) is 3. The number of hydrogen-bond donors (Lipinski definition) is 1. The molecule has 0 atom stereocenters. The zero-order chi connectivity index (χ0) is 11.5. The van der Waals surface area contributed by atoms with Gasteiger partial charge in [-0.15, -0.1) is 0 Å². The first-order chi connectivity index (χ1) is 7.65. The number of furan rings is 1. The van der Waals surface area contributed by atoms with Gasteiger partial charge in [0.2, 0.25) is 5.76 Å². The molecule has 0 saturated heterocycles. The lowest BCUT2D eigenvalue weighted by atomic mass is 10.4. The molecule has 0 amide bonds. The second-order valence-corrected chi connectivity index (χ2v) is 4.98. The minimum absolute atomic E-state index is 0.0440. The van der Waals surface area contributed by atoms with Gasteiger partial charge in [0.05, 0.1) is 0 Å². The van der Waals surface area contributed by atoms with Crippen LogP contribution in [0.1, 0.15) is 10.6 Å². The Kier molecular flexibility index (Phi) is 3.36. The SMILES string of the molecule is O=C(O)c1ccc(Sc2cccc(Br)c2)o1. The Labute approximate surface area is 105 Å². The fourth-order valence-corrected chi connectivity index (χ4v) is 2.52. The number of carbonyl (C=O) groups is 1. The van der Waals surface area contributed by atoms with Crippen LogP contribution >= 0.6 is 27.7 Å². The maximum atomic E-state index is 10.6. The number of aromatic carboxylic acids is 1. The van der Waals surface area contributed by atoms with Gasteiger partial charge < -0.3 is 9.52 Å². The van der Waals surface area contributed by atoms with Gasteiger partial charge in [-0.3, -0.25) is 0 Å². The van der Waals surface area contributed by atoms with Gasteiger partial charge in [-0.25, -0.2) is 4.79 Å². The van der Waals surface area contributed by atoms with Gasteiger partial charge in [-0.2, -0.15) is 0 Å². The van der Waals surface area contributed by atoms with E-state index in [0.29, 0.717) is 5.09 Å². The summed E-state index contributed by atoms with van der Waals surface area (Å²) in [5.41, 5.74) is 0. The second kappa shape index (κ2) is 4.76. The van der Waals surface area contributed by atoms with Crippen molar-refractivity contribution in [3.8, 4) is 0 Å². The molecule has 1 N–H and O–H groups in total. The molecule has 1 aromatic heterocycles. The zero-order valence-corrected chi connectivity index (χ0v) is 10.4. The fraction of sp³-hybridized carbons (Fsp3) is 0. The van der Waals surface area contributed by atoms with Crippen LogP contribution in [-0.2, 0) is 0 Å². The molecule has 0 aliphatic heterocycles. The molecule has 0 spiro atoms. The first-order valence-corrected chi connectivity index (χ1v) is 6.02. The standard InChI is InChI=1S/C11H7BrO3S/c12-7-2-1-3-8(6-7)16-10-5-4-9(15-10)11(13)14/h1-6H,(H,13,14). The molecule has 1 heterocycles. The maximum absolute atomic E-state index is 10.6. The molecular weight excluding hydrogens is 292 g/mol. The van der Waals surface area contributed by atoms with Crippen molar-refractivity contribution in [2.75, 3.05) is 0 Å². The largest absolute Gasteiger partial charge is 0.475 e. The van der Waals surface area contributed by atoms with Gasteiger partial charge in [-0.05, 0) is 30.3 Å². The summed E-state index contributed by atoms with van der Waals surface area (Å²) in [5.74, 6) is -1.10. The minimum Gasteiger partial charge on any atom is -0.475 e. The monoisotopic (exact) mass is 298 g/mol. The molecule has 0 aliphatic carbocycles. The molecule has 2 rings (SSSR count). The van der Waals surface area contributed by atoms with Gasteiger partial charge in [0.25, 0.3) is 0 Å². The summed E-state index contributed by atoms with van der Waals surface area (Å²) < 4.78 is 6.11. The lowest BCUT2D eigenvalue weighted by Crippen LogP contribution is -1.91. The number of halogens is 1. The van der Waals surface area contributed by atoms with E-state index in [9.17, 15) is 4.79 Å². The van der Waals surface area contributed by atoms with Gasteiger partial charge >= 0.3 is 5.97 Å². The molecule has 0 unspecified atom stereocenters. The van der Waals surface area contributed by atoms with Crippen molar-refractivity contribution in [1.82, 2.24) is 0 Å². The predicted octanol–water partition coefficient (Wildman–Crippen LogP) is 3.89. The van der Waals surface area contributed by atoms with Gasteiger partial charge in [-0.1, -0.05) is 33.8 Å². The molecule has 3 nitrogen and oxygen atoms in total. The number of rotatable bonds is 3. The highest BCUT2D eigenvalue weighted by Crippen LogP contribution is 2.30. The Balaban J connectivity index is 2.17. The summed E-state index contributed by atoms with van der Waals surface area (Å²) in [7, 11) is 0. The average Bonchev–Trinajstić information content (AvgIpc) is 2.66. The fourth-order valence-electron chi connectivity index (χ4n) is 1.14. The zero-order valence-electron chi connectivity index (χ0n) is 8.01. The summed E-state index contributed by atoms with van der Waals surface area (Å²) in [6.45, 7) is 0. The van der Waals surface area contributed by atoms with Crippen molar-refractivity contribution < 1.29 is 14.3 Å². The highest BCUT2D eigenvalue weighted by atomic mass is 79.9. The normalized spacial score (nSPS) is 10.3. The second-order valence-electron chi connectivity index (χ2n) is 2.98. The minimum atomic E-state index is -1.05. The third kappa shape index (κ3) is 2.68. The van der Waals surface area contributed by atoms with Crippen LogP contribution in [0.4, 0.5) is 0 Å². The van der Waals surface area contributed by atoms with Crippen molar-refractivity contribution in [3.05, 3.63) is 46.6 Å². The van der Waals surface area contributed by atoms with Crippen molar-refractivity contribution in [2.45, 2.75) is 9.99 Å². The molecule has 0 saturated carbocycles.